The summed E-state index contributed by atoms with van der Waals surface area (Å²) in [5.74, 6) is -0.890. The average Bonchev–Trinajstić information content (AvgIpc) is 3.21. The highest BCUT2D eigenvalue weighted by Gasteiger charge is 2.27. The van der Waals surface area contributed by atoms with Crippen LogP contribution in [0.5, 0.6) is 0 Å². The number of aromatic amines is 1. The van der Waals surface area contributed by atoms with E-state index in [1.807, 2.05) is 42.5 Å². The molecule has 0 bridgehead atoms. The fourth-order valence-corrected chi connectivity index (χ4v) is 3.34. The van der Waals surface area contributed by atoms with E-state index in [-0.39, 0.29) is 5.78 Å². The molecule has 1 aromatic heterocycles. The van der Waals surface area contributed by atoms with Crippen LogP contribution in [0.15, 0.2) is 91.1 Å². The predicted octanol–water partition coefficient (Wildman–Crippen LogP) is 6.00. The number of carbonyl (C=O) groups excluding carboxylic acids is 2. The van der Waals surface area contributed by atoms with Crippen LogP contribution >= 0.6 is 11.6 Å². The number of carbonyl (C=O) groups is 2. The van der Waals surface area contributed by atoms with Gasteiger partial charge in [0.25, 0.3) is 0 Å². The Kier molecular flexibility index (Phi) is 5.77. The van der Waals surface area contributed by atoms with E-state index in [0.29, 0.717) is 16.1 Å². The fraction of sp³-hybridized carbons (Fsp3) is 0.0400. The molecule has 0 aliphatic rings. The van der Waals surface area contributed by atoms with Crippen molar-refractivity contribution in [3.8, 4) is 0 Å². The Morgan fingerprint density at radius 3 is 2.37 bits per heavy atom. The lowest BCUT2D eigenvalue weighted by Gasteiger charge is -2.16. The van der Waals surface area contributed by atoms with E-state index < -0.39 is 12.1 Å². The van der Waals surface area contributed by atoms with Gasteiger partial charge in [0, 0.05) is 39.3 Å². The van der Waals surface area contributed by atoms with Crippen LogP contribution in [0.25, 0.3) is 17.0 Å². The fourth-order valence-electron chi connectivity index (χ4n) is 3.21. The van der Waals surface area contributed by atoms with Crippen LogP contribution in [0.3, 0.4) is 0 Å². The molecule has 0 aliphatic carbocycles. The van der Waals surface area contributed by atoms with Crippen LogP contribution in [-0.4, -0.2) is 16.7 Å². The summed E-state index contributed by atoms with van der Waals surface area (Å²) in [6, 6.07) is 23.6. The summed E-state index contributed by atoms with van der Waals surface area (Å²) in [4.78, 5) is 28.9. The van der Waals surface area contributed by atoms with Gasteiger partial charge < -0.3 is 9.72 Å². The first-order valence-corrected chi connectivity index (χ1v) is 9.79. The Balaban J connectivity index is 1.61. The van der Waals surface area contributed by atoms with Gasteiger partial charge in [-0.05, 0) is 29.8 Å². The van der Waals surface area contributed by atoms with Crippen molar-refractivity contribution < 1.29 is 14.3 Å². The van der Waals surface area contributed by atoms with Gasteiger partial charge in [-0.3, -0.25) is 4.79 Å². The predicted molar refractivity (Wildman–Crippen MR) is 118 cm³/mol. The summed E-state index contributed by atoms with van der Waals surface area (Å²) >= 11 is 5.88. The zero-order chi connectivity index (χ0) is 20.9. The number of H-pyrrole nitrogens is 1. The highest BCUT2D eigenvalue weighted by atomic mass is 35.5. The van der Waals surface area contributed by atoms with Gasteiger partial charge in [-0.25, -0.2) is 4.79 Å². The zero-order valence-electron chi connectivity index (χ0n) is 15.9. The first-order chi connectivity index (χ1) is 14.6. The van der Waals surface area contributed by atoms with Crippen molar-refractivity contribution in [2.24, 2.45) is 0 Å². The van der Waals surface area contributed by atoms with E-state index in [1.54, 1.807) is 48.7 Å². The summed E-state index contributed by atoms with van der Waals surface area (Å²) in [5, 5.41) is 1.40. The molecular formula is C25H18ClNO3. The van der Waals surface area contributed by atoms with Crippen molar-refractivity contribution in [2.45, 2.75) is 6.10 Å². The lowest BCUT2D eigenvalue weighted by atomic mass is 9.99. The highest BCUT2D eigenvalue weighted by molar-refractivity contribution is 6.30. The molecule has 0 saturated heterocycles. The van der Waals surface area contributed by atoms with Crippen LogP contribution in [0.4, 0.5) is 0 Å². The maximum Gasteiger partial charge on any atom is 0.331 e. The van der Waals surface area contributed by atoms with E-state index in [1.165, 1.54) is 6.08 Å². The van der Waals surface area contributed by atoms with Crippen molar-refractivity contribution in [2.75, 3.05) is 0 Å². The molecule has 30 heavy (non-hydrogen) atoms. The van der Waals surface area contributed by atoms with Crippen LogP contribution in [0.2, 0.25) is 5.02 Å². The number of nitrogens with one attached hydrogen (secondary N) is 1. The number of aromatic nitrogens is 1. The Labute approximate surface area is 178 Å². The average molecular weight is 416 g/mol. The minimum absolute atomic E-state index is 0.285. The van der Waals surface area contributed by atoms with E-state index in [4.69, 9.17) is 16.3 Å². The molecule has 0 radical (unpaired) electrons. The third-order valence-corrected chi connectivity index (χ3v) is 4.96. The molecule has 0 amide bonds. The number of Topliss-reactive ketones (excluding diaryl/α,β-unsaturated/α-hetero) is 1. The Morgan fingerprint density at radius 1 is 0.900 bits per heavy atom. The maximum absolute atomic E-state index is 13.3. The first kappa shape index (κ1) is 19.7. The van der Waals surface area contributed by atoms with Crippen molar-refractivity contribution in [1.82, 2.24) is 4.98 Å². The Bertz CT molecular complexity index is 1210. The van der Waals surface area contributed by atoms with Crippen molar-refractivity contribution in [3.63, 3.8) is 0 Å². The van der Waals surface area contributed by atoms with Crippen LogP contribution in [-0.2, 0) is 9.53 Å². The van der Waals surface area contributed by atoms with E-state index in [9.17, 15) is 9.59 Å². The number of hydrogen-bond donors (Lipinski definition) is 1. The third-order valence-electron chi connectivity index (χ3n) is 4.71. The summed E-state index contributed by atoms with van der Waals surface area (Å²) in [6.45, 7) is 0. The maximum atomic E-state index is 13.3. The molecule has 4 aromatic rings. The first-order valence-electron chi connectivity index (χ1n) is 9.41. The topological polar surface area (TPSA) is 59.2 Å². The van der Waals surface area contributed by atoms with Gasteiger partial charge in [0.15, 0.2) is 6.10 Å². The molecule has 0 spiro atoms. The number of fused-ring (bicyclic) bond motifs is 1. The van der Waals surface area contributed by atoms with Crippen molar-refractivity contribution in [1.29, 1.82) is 0 Å². The van der Waals surface area contributed by atoms with Gasteiger partial charge in [-0.2, -0.15) is 0 Å². The number of esters is 1. The number of ketones is 1. The van der Waals surface area contributed by atoms with Gasteiger partial charge >= 0.3 is 5.97 Å². The molecule has 0 fully saturated rings. The lowest BCUT2D eigenvalue weighted by molar-refractivity contribution is -0.141. The van der Waals surface area contributed by atoms with Gasteiger partial charge in [-0.1, -0.05) is 72.3 Å². The van der Waals surface area contributed by atoms with E-state index >= 15 is 0 Å². The molecular weight excluding hydrogens is 398 g/mol. The second-order valence-corrected chi connectivity index (χ2v) is 7.16. The quantitative estimate of drug-likeness (QED) is 0.238. The molecule has 1 heterocycles. The van der Waals surface area contributed by atoms with Crippen LogP contribution < -0.4 is 0 Å². The Morgan fingerprint density at radius 2 is 1.60 bits per heavy atom. The second kappa shape index (κ2) is 8.80. The van der Waals surface area contributed by atoms with E-state index in [2.05, 4.69) is 4.98 Å². The van der Waals surface area contributed by atoms with E-state index in [0.717, 1.165) is 16.5 Å². The summed E-state index contributed by atoms with van der Waals surface area (Å²) in [6.07, 6.45) is 3.53. The van der Waals surface area contributed by atoms with Gasteiger partial charge in [0.2, 0.25) is 5.78 Å². The third kappa shape index (κ3) is 4.34. The number of halogens is 1. The summed E-state index contributed by atoms with van der Waals surface area (Å²) < 4.78 is 5.60. The molecule has 0 aliphatic heterocycles. The van der Waals surface area contributed by atoms with Gasteiger partial charge in [0.1, 0.15) is 0 Å². The second-order valence-electron chi connectivity index (χ2n) is 6.72. The zero-order valence-corrected chi connectivity index (χ0v) is 16.7. The van der Waals surface area contributed by atoms with Crippen molar-refractivity contribution in [3.05, 3.63) is 113 Å². The molecule has 4 rings (SSSR count). The highest BCUT2D eigenvalue weighted by Crippen LogP contribution is 2.27. The van der Waals surface area contributed by atoms with Gasteiger partial charge in [-0.15, -0.1) is 0 Å². The molecule has 4 nitrogen and oxygen atoms in total. The SMILES string of the molecule is O=C(/C=C/c1ccc(Cl)cc1)OC(C(=O)c1c[nH]c2ccccc12)c1ccccc1. The number of hydrogen-bond acceptors (Lipinski definition) is 3. The number of benzene rings is 3. The normalized spacial score (nSPS) is 12.2. The molecule has 148 valence electrons. The largest absolute Gasteiger partial charge is 0.446 e. The van der Waals surface area contributed by atoms with Crippen LogP contribution in [0.1, 0.15) is 27.6 Å². The lowest BCUT2D eigenvalue weighted by Crippen LogP contribution is -2.19. The minimum atomic E-state index is -1.05. The smallest absolute Gasteiger partial charge is 0.331 e. The number of para-hydroxylation sites is 1. The van der Waals surface area contributed by atoms with Gasteiger partial charge in [0.05, 0.1) is 0 Å². The molecule has 3 aromatic carbocycles. The molecule has 1 atom stereocenters. The summed E-state index contributed by atoms with van der Waals surface area (Å²) in [5.41, 5.74) is 2.74. The van der Waals surface area contributed by atoms with Crippen molar-refractivity contribution >= 4 is 40.3 Å². The minimum Gasteiger partial charge on any atom is -0.446 e. The summed E-state index contributed by atoms with van der Waals surface area (Å²) in [7, 11) is 0. The molecule has 1 N–H and O–H groups in total. The standard InChI is InChI=1S/C25H18ClNO3/c26-19-13-10-17(11-14-19)12-15-23(28)30-25(18-6-2-1-3-7-18)24(29)21-16-27-22-9-5-4-8-20(21)22/h1-16,25,27H/b15-12+. The van der Waals surface area contributed by atoms with Crippen LogP contribution in [0, 0.1) is 0 Å². The monoisotopic (exact) mass is 415 g/mol. The molecule has 5 heteroatoms. The molecule has 0 saturated carbocycles. The number of ether oxygens (including phenoxy) is 1. The number of rotatable bonds is 6. The molecule has 1 unspecified atom stereocenters. The Hall–Kier alpha value is -3.63.